The molecule has 0 aliphatic heterocycles. The summed E-state index contributed by atoms with van der Waals surface area (Å²) in [7, 11) is 0. The summed E-state index contributed by atoms with van der Waals surface area (Å²) in [5, 5.41) is 5.35. The summed E-state index contributed by atoms with van der Waals surface area (Å²) < 4.78 is 2.64. The summed E-state index contributed by atoms with van der Waals surface area (Å²) in [5.74, 6) is 0.582. The normalized spacial score (nSPS) is 14.6. The topological polar surface area (TPSA) is 3.24 Å². The molecule has 2 aliphatic carbocycles. The second kappa shape index (κ2) is 15.3. The zero-order valence-corrected chi connectivity index (χ0v) is 36.8. The Labute approximate surface area is 374 Å². The smallest absolute Gasteiger partial charge is 0.0540 e. The van der Waals surface area contributed by atoms with Crippen LogP contribution in [0.3, 0.4) is 0 Å². The van der Waals surface area contributed by atoms with E-state index >= 15 is 0 Å². The second-order valence-corrected chi connectivity index (χ2v) is 19.2. The number of thiophene rings is 1. The van der Waals surface area contributed by atoms with Crippen molar-refractivity contribution >= 4 is 59.3 Å². The first kappa shape index (κ1) is 38.0. The second-order valence-electron chi connectivity index (χ2n) is 18.2. The summed E-state index contributed by atoms with van der Waals surface area (Å²) in [4.78, 5) is 2.54. The molecule has 0 N–H and O–H groups in total. The fraction of sp³-hybridized carbons (Fsp3) is 0.148. The lowest BCUT2D eigenvalue weighted by molar-refractivity contribution is 0.445. The molecule has 2 heteroatoms. The minimum absolute atomic E-state index is 0.0537. The van der Waals surface area contributed by atoms with Crippen LogP contribution in [0.5, 0.6) is 0 Å². The Morgan fingerprint density at radius 2 is 1.03 bits per heavy atom. The van der Waals surface area contributed by atoms with Gasteiger partial charge in [-0.1, -0.05) is 197 Å². The molecule has 1 heterocycles. The summed E-state index contributed by atoms with van der Waals surface area (Å²) in [6, 6.07) is 73.1. The zero-order chi connectivity index (χ0) is 42.1. The lowest BCUT2D eigenvalue weighted by atomic mass is 9.80. The van der Waals surface area contributed by atoms with Crippen molar-refractivity contribution in [3.05, 3.63) is 211 Å². The van der Waals surface area contributed by atoms with E-state index in [0.29, 0.717) is 5.92 Å². The van der Waals surface area contributed by atoms with E-state index in [9.17, 15) is 0 Å². The Morgan fingerprint density at radius 1 is 0.460 bits per heavy atom. The van der Waals surface area contributed by atoms with E-state index in [0.717, 1.165) is 11.4 Å². The van der Waals surface area contributed by atoms with Crippen molar-refractivity contribution in [2.45, 2.75) is 57.3 Å². The molecule has 0 unspecified atom stereocenters. The van der Waals surface area contributed by atoms with Gasteiger partial charge in [0.25, 0.3) is 0 Å². The van der Waals surface area contributed by atoms with Gasteiger partial charge in [-0.2, -0.15) is 0 Å². The molecule has 1 nitrogen and oxygen atoms in total. The molecule has 1 fully saturated rings. The number of fused-ring (bicyclic) bond motifs is 7. The fourth-order valence-corrected chi connectivity index (χ4v) is 12.5. The van der Waals surface area contributed by atoms with Crippen LogP contribution < -0.4 is 4.90 Å². The zero-order valence-electron chi connectivity index (χ0n) is 35.9. The van der Waals surface area contributed by atoms with Gasteiger partial charge in [-0.05, 0) is 104 Å². The van der Waals surface area contributed by atoms with Crippen LogP contribution in [-0.2, 0) is 5.41 Å². The van der Waals surface area contributed by atoms with Gasteiger partial charge in [0, 0.05) is 48.0 Å². The Kier molecular flexibility index (Phi) is 9.20. The van der Waals surface area contributed by atoms with Gasteiger partial charge in [0.15, 0.2) is 0 Å². The molecule has 304 valence electrons. The lowest BCUT2D eigenvalue weighted by Gasteiger charge is -2.31. The van der Waals surface area contributed by atoms with Crippen LogP contribution in [0.2, 0.25) is 0 Å². The monoisotopic (exact) mass is 827 g/mol. The highest BCUT2D eigenvalue weighted by Crippen LogP contribution is 2.53. The van der Waals surface area contributed by atoms with E-state index in [1.165, 1.54) is 130 Å². The van der Waals surface area contributed by atoms with Crippen LogP contribution in [0.4, 0.5) is 17.1 Å². The summed E-state index contributed by atoms with van der Waals surface area (Å²) >= 11 is 1.90. The number of rotatable bonds is 7. The van der Waals surface area contributed by atoms with Gasteiger partial charge in [-0.3, -0.25) is 0 Å². The lowest BCUT2D eigenvalue weighted by Crippen LogP contribution is -2.14. The van der Waals surface area contributed by atoms with Gasteiger partial charge < -0.3 is 4.90 Å². The number of para-hydroxylation sites is 2. The molecular weight excluding hydrogens is 779 g/mol. The third-order valence-corrected chi connectivity index (χ3v) is 15.5. The van der Waals surface area contributed by atoms with Crippen LogP contribution in [0.25, 0.3) is 75.5 Å². The molecule has 9 aromatic carbocycles. The molecule has 12 rings (SSSR count). The average molecular weight is 828 g/mol. The Bertz CT molecular complexity index is 3360. The van der Waals surface area contributed by atoms with E-state index in [1.807, 2.05) is 11.3 Å². The van der Waals surface area contributed by atoms with Crippen molar-refractivity contribution in [3.63, 3.8) is 0 Å². The van der Waals surface area contributed by atoms with Crippen molar-refractivity contribution in [1.29, 1.82) is 0 Å². The van der Waals surface area contributed by atoms with Crippen molar-refractivity contribution in [1.82, 2.24) is 0 Å². The molecule has 10 aromatic rings. The number of hydrogen-bond acceptors (Lipinski definition) is 2. The minimum Gasteiger partial charge on any atom is -0.309 e. The van der Waals surface area contributed by atoms with Crippen molar-refractivity contribution < 1.29 is 0 Å². The highest BCUT2D eigenvalue weighted by molar-refractivity contribution is 7.26. The molecule has 0 bridgehead atoms. The highest BCUT2D eigenvalue weighted by atomic mass is 32.1. The third kappa shape index (κ3) is 6.18. The first-order chi connectivity index (χ1) is 31.0. The van der Waals surface area contributed by atoms with Gasteiger partial charge in [0.2, 0.25) is 0 Å². The molecule has 1 aromatic heterocycles. The number of anilines is 3. The van der Waals surface area contributed by atoms with Crippen LogP contribution in [0.1, 0.15) is 68.6 Å². The van der Waals surface area contributed by atoms with Crippen molar-refractivity contribution in [3.8, 4) is 44.5 Å². The molecular formula is C61H49NS. The van der Waals surface area contributed by atoms with Gasteiger partial charge in [-0.15, -0.1) is 11.3 Å². The van der Waals surface area contributed by atoms with Crippen LogP contribution in [0.15, 0.2) is 194 Å². The van der Waals surface area contributed by atoms with E-state index in [1.54, 1.807) is 0 Å². The summed E-state index contributed by atoms with van der Waals surface area (Å²) in [6.45, 7) is 4.73. The number of benzene rings is 9. The molecule has 1 saturated carbocycles. The molecule has 0 saturated heterocycles. The van der Waals surface area contributed by atoms with E-state index in [-0.39, 0.29) is 5.41 Å². The fourth-order valence-electron chi connectivity index (χ4n) is 11.3. The molecule has 0 spiro atoms. The minimum atomic E-state index is -0.0537. The number of hydrogen-bond donors (Lipinski definition) is 0. The van der Waals surface area contributed by atoms with Crippen LogP contribution in [0, 0.1) is 0 Å². The summed E-state index contributed by atoms with van der Waals surface area (Å²) in [6.07, 6.45) is 6.49. The van der Waals surface area contributed by atoms with E-state index in [2.05, 4.69) is 213 Å². The Balaban J connectivity index is 1.08. The van der Waals surface area contributed by atoms with Gasteiger partial charge >= 0.3 is 0 Å². The van der Waals surface area contributed by atoms with E-state index in [4.69, 9.17) is 0 Å². The molecule has 0 amide bonds. The van der Waals surface area contributed by atoms with Gasteiger partial charge in [0.1, 0.15) is 0 Å². The maximum absolute atomic E-state index is 2.54. The Hall–Kier alpha value is -6.74. The molecule has 63 heavy (non-hydrogen) atoms. The Morgan fingerprint density at radius 3 is 1.83 bits per heavy atom. The van der Waals surface area contributed by atoms with Gasteiger partial charge in [0.05, 0.1) is 11.4 Å². The van der Waals surface area contributed by atoms with Crippen molar-refractivity contribution in [2.75, 3.05) is 4.90 Å². The molecule has 0 radical (unpaired) electrons. The maximum Gasteiger partial charge on any atom is 0.0540 e. The van der Waals surface area contributed by atoms with Crippen LogP contribution >= 0.6 is 11.3 Å². The largest absolute Gasteiger partial charge is 0.309 e. The first-order valence-corrected chi connectivity index (χ1v) is 23.6. The standard InChI is InChI=1S/C61H49NS/c1-61(2)53-31-10-6-25-52(53)59-45(27-17-32-54(59)61)41-36-38-43(39-37-41)62(56-34-12-8-23-47(56)50-29-16-30-51-48-24-9-13-35-57(48)63-60(50)51)55-33-11-7-22-46(55)49-28-15-21-42-20-14-26-44(58(42)49)40-18-4-3-5-19-40/h6-17,20-40H,3-5,18-19H2,1-2H3. The molecule has 2 aliphatic rings. The predicted octanol–water partition coefficient (Wildman–Crippen LogP) is 18.0. The maximum atomic E-state index is 2.54. The van der Waals surface area contributed by atoms with E-state index < -0.39 is 0 Å². The highest BCUT2D eigenvalue weighted by Gasteiger charge is 2.36. The van der Waals surface area contributed by atoms with Crippen molar-refractivity contribution in [2.24, 2.45) is 0 Å². The predicted molar refractivity (Wildman–Crippen MR) is 271 cm³/mol. The first-order valence-electron chi connectivity index (χ1n) is 22.8. The molecule has 0 atom stereocenters. The van der Waals surface area contributed by atoms with Gasteiger partial charge in [-0.25, -0.2) is 0 Å². The summed E-state index contributed by atoms with van der Waals surface area (Å²) in [5.41, 5.74) is 17.9. The number of nitrogens with zero attached hydrogens (tertiary/aromatic N) is 1. The SMILES string of the molecule is CC1(C)c2ccccc2-c2c(-c3ccc(N(c4ccccc4-c4cccc5c4sc4ccccc45)c4ccccc4-c4cccc5cccc(C6CCCCC6)c45)cc3)cccc21. The quantitative estimate of drug-likeness (QED) is 0.155. The third-order valence-electron chi connectivity index (χ3n) is 14.3. The average Bonchev–Trinajstić information content (AvgIpc) is 3.84. The van der Waals surface area contributed by atoms with Crippen LogP contribution in [-0.4, -0.2) is 0 Å².